The minimum Gasteiger partial charge on any atom is -0.492 e. The largest absolute Gasteiger partial charge is 0.573 e. The summed E-state index contributed by atoms with van der Waals surface area (Å²) in [5.41, 5.74) is 8.09. The monoisotopic (exact) mass is 400 g/mol. The fourth-order valence-electron chi connectivity index (χ4n) is 2.49. The average molecular weight is 401 g/mol. The Hall–Kier alpha value is -2.81. The summed E-state index contributed by atoms with van der Waals surface area (Å²) >= 11 is 5.78. The van der Waals surface area contributed by atoms with Crippen LogP contribution in [0.4, 0.5) is 24.8 Å². The van der Waals surface area contributed by atoms with Gasteiger partial charge in [-0.05, 0) is 30.3 Å². The minimum atomic E-state index is -4.80. The molecule has 10 heteroatoms. The van der Waals surface area contributed by atoms with Gasteiger partial charge in [0.15, 0.2) is 0 Å². The molecule has 6 nitrogen and oxygen atoms in total. The Kier molecular flexibility index (Phi) is 5.22. The molecule has 3 N–H and O–H groups in total. The maximum absolute atomic E-state index is 12.2. The van der Waals surface area contributed by atoms with Gasteiger partial charge in [0.1, 0.15) is 18.1 Å². The van der Waals surface area contributed by atoms with E-state index in [1.165, 1.54) is 12.1 Å². The highest BCUT2D eigenvalue weighted by Gasteiger charge is 2.32. The molecule has 0 aliphatic rings. The second kappa shape index (κ2) is 7.43. The average Bonchev–Trinajstić information content (AvgIpc) is 2.88. The van der Waals surface area contributed by atoms with Crippen molar-refractivity contribution in [2.24, 2.45) is 7.05 Å². The predicted octanol–water partition coefficient (Wildman–Crippen LogP) is 4.20. The van der Waals surface area contributed by atoms with Crippen molar-refractivity contribution >= 4 is 34.3 Å². The first-order valence-corrected chi connectivity index (χ1v) is 8.24. The molecule has 1 heterocycles. The summed E-state index contributed by atoms with van der Waals surface area (Å²) in [6.45, 7) is 0.673. The molecule has 0 aliphatic carbocycles. The number of ether oxygens (including phenoxy) is 2. The number of nitrogens with two attached hydrogens (primary N) is 1. The van der Waals surface area contributed by atoms with E-state index < -0.39 is 12.1 Å². The number of nitrogens with zero attached hydrogens (tertiary/aromatic N) is 2. The quantitative estimate of drug-likeness (QED) is 0.479. The van der Waals surface area contributed by atoms with Crippen molar-refractivity contribution in [3.8, 4) is 11.5 Å². The lowest BCUT2D eigenvalue weighted by molar-refractivity contribution is -0.274. The molecular formula is C17H16ClF3N4O2. The second-order valence-electron chi connectivity index (χ2n) is 5.66. The zero-order valence-corrected chi connectivity index (χ0v) is 14.9. The molecule has 0 saturated heterocycles. The first-order chi connectivity index (χ1) is 12.7. The number of aromatic nitrogens is 2. The van der Waals surface area contributed by atoms with Crippen molar-refractivity contribution in [3.05, 3.63) is 41.4 Å². The number of anilines is 2. The number of nitrogens with one attached hydrogen (secondary N) is 1. The summed E-state index contributed by atoms with van der Waals surface area (Å²) in [5, 5.41) is 2.94. The van der Waals surface area contributed by atoms with E-state index in [9.17, 15) is 13.2 Å². The van der Waals surface area contributed by atoms with Gasteiger partial charge in [0.2, 0.25) is 5.95 Å². The van der Waals surface area contributed by atoms with Crippen LogP contribution >= 0.6 is 11.6 Å². The van der Waals surface area contributed by atoms with Crippen LogP contribution in [0.3, 0.4) is 0 Å². The maximum atomic E-state index is 12.2. The summed E-state index contributed by atoms with van der Waals surface area (Å²) < 4.78 is 47.9. The summed E-state index contributed by atoms with van der Waals surface area (Å²) in [6.07, 6.45) is -4.80. The van der Waals surface area contributed by atoms with Gasteiger partial charge in [-0.25, -0.2) is 4.98 Å². The van der Waals surface area contributed by atoms with Gasteiger partial charge in [0.05, 0.1) is 22.6 Å². The van der Waals surface area contributed by atoms with Crippen molar-refractivity contribution in [2.75, 3.05) is 24.2 Å². The third kappa shape index (κ3) is 4.68. The van der Waals surface area contributed by atoms with Crippen molar-refractivity contribution in [3.63, 3.8) is 0 Å². The maximum Gasteiger partial charge on any atom is 0.573 e. The van der Waals surface area contributed by atoms with Gasteiger partial charge in [-0.3, -0.25) is 0 Å². The van der Waals surface area contributed by atoms with Gasteiger partial charge in [-0.2, -0.15) is 0 Å². The first-order valence-electron chi connectivity index (χ1n) is 7.87. The molecule has 0 spiro atoms. The normalized spacial score (nSPS) is 11.6. The number of alkyl halides is 3. The van der Waals surface area contributed by atoms with Crippen molar-refractivity contribution in [1.29, 1.82) is 0 Å². The molecule has 0 saturated carbocycles. The van der Waals surface area contributed by atoms with E-state index in [0.29, 0.717) is 23.9 Å². The molecular weight excluding hydrogens is 385 g/mol. The highest BCUT2D eigenvalue weighted by atomic mass is 35.5. The number of halogens is 4. The molecule has 0 amide bonds. The molecule has 0 atom stereocenters. The molecule has 0 bridgehead atoms. The van der Waals surface area contributed by atoms with E-state index in [-0.39, 0.29) is 11.6 Å². The first kappa shape index (κ1) is 19.0. The number of hydrogen-bond donors (Lipinski definition) is 2. The molecule has 0 aliphatic heterocycles. The topological polar surface area (TPSA) is 74.3 Å². The van der Waals surface area contributed by atoms with Gasteiger partial charge in [0.25, 0.3) is 0 Å². The van der Waals surface area contributed by atoms with E-state index >= 15 is 0 Å². The fraction of sp³-hybridized carbons (Fsp3) is 0.235. The number of rotatable bonds is 6. The van der Waals surface area contributed by atoms with Gasteiger partial charge in [-0.15, -0.1) is 13.2 Å². The Labute approximate surface area is 157 Å². The Morgan fingerprint density at radius 3 is 2.70 bits per heavy atom. The number of aryl methyl sites for hydroxylation is 1. The Morgan fingerprint density at radius 1 is 1.22 bits per heavy atom. The Morgan fingerprint density at radius 2 is 2.00 bits per heavy atom. The molecule has 27 heavy (non-hydrogen) atoms. The second-order valence-corrected chi connectivity index (χ2v) is 6.07. The van der Waals surface area contributed by atoms with Crippen LogP contribution in [0.15, 0.2) is 36.4 Å². The van der Waals surface area contributed by atoms with Gasteiger partial charge < -0.3 is 25.1 Å². The number of imidazole rings is 1. The third-order valence-corrected chi connectivity index (χ3v) is 3.98. The summed E-state index contributed by atoms with van der Waals surface area (Å²) in [7, 11) is 1.87. The highest BCUT2D eigenvalue weighted by Crippen LogP contribution is 2.32. The van der Waals surface area contributed by atoms with Crippen molar-refractivity contribution < 1.29 is 22.6 Å². The molecule has 0 fully saturated rings. The SMILES string of the molecule is Cn1c(NCCOc2ccc(OC(F)(F)F)c(Cl)c2)nc2cc(N)ccc21. The lowest BCUT2D eigenvalue weighted by Gasteiger charge is -2.12. The van der Waals surface area contributed by atoms with Crippen LogP contribution < -0.4 is 20.5 Å². The molecule has 3 rings (SSSR count). The minimum absolute atomic E-state index is 0.189. The molecule has 1 aromatic heterocycles. The Balaban J connectivity index is 1.56. The zero-order chi connectivity index (χ0) is 19.6. The summed E-state index contributed by atoms with van der Waals surface area (Å²) in [5.74, 6) is 0.494. The van der Waals surface area contributed by atoms with Crippen LogP contribution in [0.5, 0.6) is 11.5 Å². The van der Waals surface area contributed by atoms with Crippen LogP contribution in [-0.2, 0) is 7.05 Å². The molecule has 144 valence electrons. The van der Waals surface area contributed by atoms with Crippen LogP contribution in [0.2, 0.25) is 5.02 Å². The van der Waals surface area contributed by atoms with E-state index in [1.807, 2.05) is 17.7 Å². The van der Waals surface area contributed by atoms with Gasteiger partial charge in [-0.1, -0.05) is 11.6 Å². The van der Waals surface area contributed by atoms with E-state index in [4.69, 9.17) is 22.1 Å². The number of hydrogen-bond acceptors (Lipinski definition) is 5. The zero-order valence-electron chi connectivity index (χ0n) is 14.2. The van der Waals surface area contributed by atoms with Crippen molar-refractivity contribution in [1.82, 2.24) is 9.55 Å². The fourth-order valence-corrected chi connectivity index (χ4v) is 2.69. The van der Waals surface area contributed by atoms with Crippen molar-refractivity contribution in [2.45, 2.75) is 6.36 Å². The van der Waals surface area contributed by atoms with E-state index in [0.717, 1.165) is 17.1 Å². The van der Waals surface area contributed by atoms with E-state index in [2.05, 4.69) is 15.0 Å². The third-order valence-electron chi connectivity index (χ3n) is 3.69. The summed E-state index contributed by atoms with van der Waals surface area (Å²) in [4.78, 5) is 4.45. The Bertz CT molecular complexity index is 959. The molecule has 0 radical (unpaired) electrons. The lowest BCUT2D eigenvalue weighted by atomic mass is 10.3. The molecule has 3 aromatic rings. The molecule has 0 unspecified atom stereocenters. The standard InChI is InChI=1S/C17H16ClF3N4O2/c1-25-14-4-2-10(22)8-13(14)24-16(25)23-6-7-26-11-3-5-15(12(18)9-11)27-17(19,20)21/h2-5,8-9H,6-7,22H2,1H3,(H,23,24). The highest BCUT2D eigenvalue weighted by molar-refractivity contribution is 6.32. The summed E-state index contributed by atoms with van der Waals surface area (Å²) in [6, 6.07) is 9.18. The van der Waals surface area contributed by atoms with Crippen LogP contribution in [0.1, 0.15) is 0 Å². The lowest BCUT2D eigenvalue weighted by Crippen LogP contribution is -2.17. The number of nitrogen functional groups attached to an aromatic ring is 1. The van der Waals surface area contributed by atoms with Gasteiger partial charge in [0, 0.05) is 18.8 Å². The van der Waals surface area contributed by atoms with Gasteiger partial charge >= 0.3 is 6.36 Å². The van der Waals surface area contributed by atoms with Crippen LogP contribution in [0.25, 0.3) is 11.0 Å². The van der Waals surface area contributed by atoms with Crippen LogP contribution in [0, 0.1) is 0 Å². The number of fused-ring (bicyclic) bond motifs is 1. The van der Waals surface area contributed by atoms with Crippen LogP contribution in [-0.4, -0.2) is 29.1 Å². The molecule has 2 aromatic carbocycles. The predicted molar refractivity (Wildman–Crippen MR) is 97.2 cm³/mol. The van der Waals surface area contributed by atoms with E-state index in [1.54, 1.807) is 12.1 Å². The smallest absolute Gasteiger partial charge is 0.492 e. The number of benzene rings is 2.